The zero-order valence-corrected chi connectivity index (χ0v) is 7.11. The smallest absolute Gasteiger partial charge is 0.0312 e. The van der Waals surface area contributed by atoms with Crippen molar-refractivity contribution < 1.29 is 0 Å². The molecule has 0 bridgehead atoms. The van der Waals surface area contributed by atoms with E-state index in [0.717, 1.165) is 19.3 Å². The zero-order valence-electron chi connectivity index (χ0n) is 7.11. The van der Waals surface area contributed by atoms with Gasteiger partial charge in [-0.1, -0.05) is 19.3 Å². The van der Waals surface area contributed by atoms with Gasteiger partial charge in [0.05, 0.1) is 0 Å². The minimum Gasteiger partial charge on any atom is -0.102 e. The Kier molecular flexibility index (Phi) is 6.65. The van der Waals surface area contributed by atoms with Gasteiger partial charge in [-0.15, -0.1) is 17.8 Å². The van der Waals surface area contributed by atoms with Crippen molar-refractivity contribution in [3.05, 3.63) is 13.8 Å². The van der Waals surface area contributed by atoms with E-state index in [-0.39, 0.29) is 0 Å². The molecule has 0 aromatic carbocycles. The Bertz CT molecular complexity index is 192. The first-order valence-electron chi connectivity index (χ1n) is 3.87. The predicted octanol–water partition coefficient (Wildman–Crippen LogP) is 2.47. The highest BCUT2D eigenvalue weighted by Gasteiger charge is 1.99. The second kappa shape index (κ2) is 7.23. The minimum atomic E-state index is 0.395. The molecule has 1 atom stereocenters. The summed E-state index contributed by atoms with van der Waals surface area (Å²) in [5.41, 5.74) is 0. The molecule has 0 N–H and O–H groups in total. The van der Waals surface area contributed by atoms with Crippen LogP contribution in [0.1, 0.15) is 26.2 Å². The van der Waals surface area contributed by atoms with Crippen LogP contribution in [0.15, 0.2) is 0 Å². The molecule has 0 heterocycles. The summed E-state index contributed by atoms with van der Waals surface area (Å²) in [6.07, 6.45) is 3.09. The quantitative estimate of drug-likeness (QED) is 0.536. The fraction of sp³-hybridized carbons (Fsp3) is 0.455. The minimum absolute atomic E-state index is 0.395. The molecule has 0 fully saturated rings. The summed E-state index contributed by atoms with van der Waals surface area (Å²) in [5, 5.41) is 0. The van der Waals surface area contributed by atoms with Crippen molar-refractivity contribution in [2.24, 2.45) is 5.92 Å². The summed E-state index contributed by atoms with van der Waals surface area (Å²) in [4.78, 5) is 0. The van der Waals surface area contributed by atoms with E-state index in [4.69, 9.17) is 0 Å². The highest BCUT2D eigenvalue weighted by Crippen LogP contribution is 2.08. The van der Waals surface area contributed by atoms with Crippen molar-refractivity contribution in [1.82, 2.24) is 0 Å². The number of hydrogen-bond donors (Lipinski definition) is 0. The van der Waals surface area contributed by atoms with Gasteiger partial charge < -0.3 is 0 Å². The third kappa shape index (κ3) is 5.56. The lowest BCUT2D eigenvalue weighted by Gasteiger charge is -2.02. The summed E-state index contributed by atoms with van der Waals surface area (Å²) in [6.45, 7) is 9.09. The standard InChI is InChI=1S/C11H14/c1-4-7-10-11(8-5-2)9-6-3/h11H,1-2,6,9-10H2,3H3. The SMILES string of the molecule is [CH2]C#CCC(C#C[CH2])CCC. The van der Waals surface area contributed by atoms with Gasteiger partial charge in [-0.2, -0.15) is 0 Å². The molecular weight excluding hydrogens is 132 g/mol. The molecule has 58 valence electrons. The second-order valence-electron chi connectivity index (χ2n) is 2.36. The number of rotatable bonds is 3. The molecule has 0 aliphatic rings. The first-order valence-corrected chi connectivity index (χ1v) is 3.87. The summed E-state index contributed by atoms with van der Waals surface area (Å²) in [5.74, 6) is 11.6. The van der Waals surface area contributed by atoms with E-state index in [1.807, 2.05) is 0 Å². The van der Waals surface area contributed by atoms with Gasteiger partial charge in [0, 0.05) is 26.2 Å². The largest absolute Gasteiger partial charge is 0.102 e. The molecule has 0 saturated heterocycles. The first kappa shape index (κ1) is 10.1. The van der Waals surface area contributed by atoms with Crippen molar-refractivity contribution >= 4 is 0 Å². The van der Waals surface area contributed by atoms with E-state index in [9.17, 15) is 0 Å². The molecule has 0 saturated carbocycles. The van der Waals surface area contributed by atoms with Gasteiger partial charge in [-0.25, -0.2) is 0 Å². The van der Waals surface area contributed by atoms with E-state index in [2.05, 4.69) is 44.5 Å². The summed E-state index contributed by atoms with van der Waals surface area (Å²) in [6, 6.07) is 0. The van der Waals surface area contributed by atoms with Gasteiger partial charge in [0.2, 0.25) is 0 Å². The van der Waals surface area contributed by atoms with E-state index in [1.54, 1.807) is 0 Å². The Morgan fingerprint density at radius 1 is 1.27 bits per heavy atom. The van der Waals surface area contributed by atoms with Gasteiger partial charge in [0.1, 0.15) is 0 Å². The fourth-order valence-electron chi connectivity index (χ4n) is 0.913. The maximum absolute atomic E-state index is 3.49. The molecule has 0 aromatic heterocycles. The van der Waals surface area contributed by atoms with Crippen molar-refractivity contribution in [3.63, 3.8) is 0 Å². The Morgan fingerprint density at radius 3 is 2.45 bits per heavy atom. The van der Waals surface area contributed by atoms with Gasteiger partial charge in [-0.3, -0.25) is 0 Å². The lowest BCUT2D eigenvalue weighted by Crippen LogP contribution is -1.94. The number of hydrogen-bond acceptors (Lipinski definition) is 0. The molecule has 11 heavy (non-hydrogen) atoms. The Morgan fingerprint density at radius 2 is 2.00 bits per heavy atom. The summed E-state index contributed by atoms with van der Waals surface area (Å²) < 4.78 is 0. The molecule has 0 aromatic rings. The highest BCUT2D eigenvalue weighted by molar-refractivity contribution is 5.11. The van der Waals surface area contributed by atoms with Crippen LogP contribution < -0.4 is 0 Å². The van der Waals surface area contributed by atoms with Crippen LogP contribution in [0.2, 0.25) is 0 Å². The fourth-order valence-corrected chi connectivity index (χ4v) is 0.913. The van der Waals surface area contributed by atoms with Crippen LogP contribution >= 0.6 is 0 Å². The highest BCUT2D eigenvalue weighted by atomic mass is 14.0. The van der Waals surface area contributed by atoms with Crippen molar-refractivity contribution in [3.8, 4) is 23.7 Å². The molecule has 1 unspecified atom stereocenters. The summed E-state index contributed by atoms with van der Waals surface area (Å²) in [7, 11) is 0. The first-order chi connectivity index (χ1) is 5.35. The van der Waals surface area contributed by atoms with Crippen LogP contribution in [0.5, 0.6) is 0 Å². The van der Waals surface area contributed by atoms with Crippen LogP contribution in [-0.2, 0) is 0 Å². The molecule has 0 heteroatoms. The molecule has 0 aliphatic carbocycles. The molecule has 2 radical (unpaired) electrons. The molecule has 0 amide bonds. The monoisotopic (exact) mass is 146 g/mol. The average molecular weight is 146 g/mol. The Labute approximate surface area is 70.4 Å². The van der Waals surface area contributed by atoms with Crippen LogP contribution in [0.25, 0.3) is 0 Å². The molecule has 0 aliphatic heterocycles. The van der Waals surface area contributed by atoms with Gasteiger partial charge in [0.25, 0.3) is 0 Å². The van der Waals surface area contributed by atoms with Gasteiger partial charge in [0.15, 0.2) is 0 Å². The Hall–Kier alpha value is -0.880. The van der Waals surface area contributed by atoms with E-state index >= 15 is 0 Å². The van der Waals surface area contributed by atoms with Crippen molar-refractivity contribution in [2.75, 3.05) is 0 Å². The molecular formula is C11H14. The van der Waals surface area contributed by atoms with Crippen molar-refractivity contribution in [1.29, 1.82) is 0 Å². The van der Waals surface area contributed by atoms with E-state index in [1.165, 1.54) is 0 Å². The zero-order chi connectivity index (χ0) is 8.53. The molecule has 0 spiro atoms. The van der Waals surface area contributed by atoms with Crippen LogP contribution in [0, 0.1) is 43.4 Å². The average Bonchev–Trinajstić information content (AvgIpc) is 2.01. The lowest BCUT2D eigenvalue weighted by atomic mass is 10.0. The maximum Gasteiger partial charge on any atom is 0.0312 e. The predicted molar refractivity (Wildman–Crippen MR) is 49.3 cm³/mol. The van der Waals surface area contributed by atoms with E-state index in [0.29, 0.717) is 5.92 Å². The third-order valence-electron chi connectivity index (χ3n) is 1.42. The van der Waals surface area contributed by atoms with Gasteiger partial charge >= 0.3 is 0 Å². The summed E-state index contributed by atoms with van der Waals surface area (Å²) >= 11 is 0. The maximum atomic E-state index is 3.49. The second-order valence-corrected chi connectivity index (χ2v) is 2.36. The van der Waals surface area contributed by atoms with Gasteiger partial charge in [-0.05, 0) is 6.42 Å². The normalized spacial score (nSPS) is 10.5. The van der Waals surface area contributed by atoms with Crippen LogP contribution in [0.4, 0.5) is 0 Å². The van der Waals surface area contributed by atoms with Crippen molar-refractivity contribution in [2.45, 2.75) is 26.2 Å². The van der Waals surface area contributed by atoms with Crippen LogP contribution in [0.3, 0.4) is 0 Å². The molecule has 0 rings (SSSR count). The Balaban J connectivity index is 3.81. The van der Waals surface area contributed by atoms with E-state index < -0.39 is 0 Å². The lowest BCUT2D eigenvalue weighted by molar-refractivity contribution is 0.615. The topological polar surface area (TPSA) is 0 Å². The molecule has 0 nitrogen and oxygen atoms in total. The third-order valence-corrected chi connectivity index (χ3v) is 1.42. The van der Waals surface area contributed by atoms with Crippen LogP contribution in [-0.4, -0.2) is 0 Å².